The van der Waals surface area contributed by atoms with Crippen LogP contribution in [0.3, 0.4) is 0 Å². The summed E-state index contributed by atoms with van der Waals surface area (Å²) in [5, 5.41) is 0. The van der Waals surface area contributed by atoms with Crippen molar-refractivity contribution in [3.8, 4) is 0 Å². The van der Waals surface area contributed by atoms with Crippen molar-refractivity contribution < 1.29 is 9.53 Å². The van der Waals surface area contributed by atoms with E-state index in [4.69, 9.17) is 4.74 Å². The van der Waals surface area contributed by atoms with Crippen LogP contribution in [0.4, 0.5) is 5.69 Å². The van der Waals surface area contributed by atoms with Crippen LogP contribution in [0.2, 0.25) is 0 Å². The van der Waals surface area contributed by atoms with Crippen LogP contribution in [-0.4, -0.2) is 25.7 Å². The van der Waals surface area contributed by atoms with Gasteiger partial charge in [-0.1, -0.05) is 49.0 Å². The van der Waals surface area contributed by atoms with Gasteiger partial charge in [0.2, 0.25) is 0 Å². The van der Waals surface area contributed by atoms with E-state index in [0.29, 0.717) is 6.73 Å². The van der Waals surface area contributed by atoms with Crippen LogP contribution >= 0.6 is 25.3 Å². The third-order valence-electron chi connectivity index (χ3n) is 3.88. The van der Waals surface area contributed by atoms with E-state index < -0.39 is 0 Å². The molecule has 0 aromatic heterocycles. The first kappa shape index (κ1) is 20.4. The fourth-order valence-corrected chi connectivity index (χ4v) is 2.92. The van der Waals surface area contributed by atoms with E-state index in [2.05, 4.69) is 31.8 Å². The molecule has 136 valence electrons. The highest BCUT2D eigenvalue weighted by molar-refractivity contribution is 7.96. The summed E-state index contributed by atoms with van der Waals surface area (Å²) in [5.74, 6) is -0.122. The third-order valence-corrected chi connectivity index (χ3v) is 5.02. The van der Waals surface area contributed by atoms with E-state index in [1.165, 1.54) is 6.08 Å². The molecule has 0 N–H and O–H groups in total. The van der Waals surface area contributed by atoms with Crippen LogP contribution < -0.4 is 4.90 Å². The number of hydrogen-bond acceptors (Lipinski definition) is 5. The highest BCUT2D eigenvalue weighted by Crippen LogP contribution is 2.32. The van der Waals surface area contributed by atoms with Gasteiger partial charge in [0.1, 0.15) is 13.3 Å². The average Bonchev–Trinajstić information content (AvgIpc) is 2.70. The molecular weight excluding hydrogens is 362 g/mol. The first-order valence-corrected chi connectivity index (χ1v) is 9.22. The molecule has 0 heterocycles. The maximum absolute atomic E-state index is 11.2. The summed E-state index contributed by atoms with van der Waals surface area (Å²) in [5.41, 5.74) is 3.04. The molecule has 0 aliphatic heterocycles. The Morgan fingerprint density at radius 1 is 1.04 bits per heavy atom. The second kappa shape index (κ2) is 10.3. The summed E-state index contributed by atoms with van der Waals surface area (Å²) in [6.07, 6.45) is 1.27. The van der Waals surface area contributed by atoms with E-state index in [0.717, 1.165) is 33.2 Å². The summed E-state index contributed by atoms with van der Waals surface area (Å²) >= 11 is 9.26. The van der Waals surface area contributed by atoms with Gasteiger partial charge in [-0.15, -0.1) is 25.3 Å². The lowest BCUT2D eigenvalue weighted by molar-refractivity contribution is -0.118. The molecule has 0 aliphatic rings. The molecule has 3 nitrogen and oxygen atoms in total. The van der Waals surface area contributed by atoms with Crippen molar-refractivity contribution >= 4 is 46.5 Å². The molecule has 0 radical (unpaired) electrons. The lowest BCUT2D eigenvalue weighted by Crippen LogP contribution is -2.27. The van der Waals surface area contributed by atoms with Crippen LogP contribution in [0.25, 0.3) is 9.81 Å². The Balaban J connectivity index is 2.11. The Morgan fingerprint density at radius 2 is 1.62 bits per heavy atom. The topological polar surface area (TPSA) is 29.5 Å². The maximum Gasteiger partial charge on any atom is 0.180 e. The predicted octanol–water partition coefficient (Wildman–Crippen LogP) is 4.93. The zero-order valence-electron chi connectivity index (χ0n) is 14.8. The van der Waals surface area contributed by atoms with Crippen molar-refractivity contribution in [1.82, 2.24) is 0 Å². The summed E-state index contributed by atoms with van der Waals surface area (Å²) < 4.78 is 5.44. The second-order valence-electron chi connectivity index (χ2n) is 5.61. The van der Waals surface area contributed by atoms with Gasteiger partial charge < -0.3 is 9.64 Å². The molecular formula is C21H23NO2S2. The van der Waals surface area contributed by atoms with E-state index in [1.807, 2.05) is 66.4 Å². The van der Waals surface area contributed by atoms with Gasteiger partial charge in [0.25, 0.3) is 0 Å². The minimum absolute atomic E-state index is 0.0434. The Labute approximate surface area is 166 Å². The van der Waals surface area contributed by atoms with Gasteiger partial charge in [0.05, 0.1) is 0 Å². The fourth-order valence-electron chi connectivity index (χ4n) is 2.36. The summed E-state index contributed by atoms with van der Waals surface area (Å²) in [6, 6.07) is 18.0. The SMILES string of the molecule is C=CC(=O)COCN(CC)c1ccc(C(S)=C(S)c2ccccc2)cc1. The average molecular weight is 386 g/mol. The zero-order chi connectivity index (χ0) is 18.9. The Hall–Kier alpha value is -1.95. The van der Waals surface area contributed by atoms with Crippen LogP contribution in [0.15, 0.2) is 67.3 Å². The quantitative estimate of drug-likeness (QED) is 0.278. The van der Waals surface area contributed by atoms with Gasteiger partial charge in [-0.05, 0) is 36.3 Å². The molecule has 0 unspecified atom stereocenters. The standard InChI is InChI=1S/C21H23NO2S2/c1-3-19(23)14-24-15-22(4-2)18-12-10-17(11-13-18)21(26)20(25)16-8-6-5-7-9-16/h3,5-13,25-26H,1,4,14-15H2,2H3. The number of hydrogen-bond donors (Lipinski definition) is 2. The van der Waals surface area contributed by atoms with E-state index in [9.17, 15) is 4.79 Å². The van der Waals surface area contributed by atoms with E-state index in [1.54, 1.807) is 0 Å². The van der Waals surface area contributed by atoms with Gasteiger partial charge in [0.15, 0.2) is 5.78 Å². The van der Waals surface area contributed by atoms with Crippen LogP contribution in [0, 0.1) is 0 Å². The highest BCUT2D eigenvalue weighted by Gasteiger charge is 2.08. The lowest BCUT2D eigenvalue weighted by atomic mass is 10.1. The number of anilines is 1. The number of carbonyl (C=O) groups is 1. The highest BCUT2D eigenvalue weighted by atomic mass is 32.1. The number of rotatable bonds is 9. The Morgan fingerprint density at radius 3 is 2.15 bits per heavy atom. The number of nitrogens with zero attached hydrogens (tertiary/aromatic N) is 1. The Bertz CT molecular complexity index is 770. The van der Waals surface area contributed by atoms with Gasteiger partial charge in [-0.3, -0.25) is 4.79 Å². The van der Waals surface area contributed by atoms with Crippen molar-refractivity contribution in [3.05, 3.63) is 78.4 Å². The number of benzene rings is 2. The van der Waals surface area contributed by atoms with Crippen molar-refractivity contribution in [2.75, 3.05) is 24.8 Å². The summed E-state index contributed by atoms with van der Waals surface area (Å²) in [7, 11) is 0. The smallest absolute Gasteiger partial charge is 0.180 e. The molecule has 0 saturated heterocycles. The molecule has 0 fully saturated rings. The zero-order valence-corrected chi connectivity index (χ0v) is 16.5. The summed E-state index contributed by atoms with van der Waals surface area (Å²) in [4.78, 5) is 14.9. The molecule has 2 aromatic carbocycles. The molecule has 2 rings (SSSR count). The molecule has 0 amide bonds. The molecule has 0 aliphatic carbocycles. The van der Waals surface area contributed by atoms with E-state index >= 15 is 0 Å². The minimum atomic E-state index is -0.122. The molecule has 0 bridgehead atoms. The molecule has 2 aromatic rings. The van der Waals surface area contributed by atoms with Crippen LogP contribution in [-0.2, 0) is 9.53 Å². The molecule has 0 saturated carbocycles. The number of ketones is 1. The first-order chi connectivity index (χ1) is 12.6. The molecule has 0 atom stereocenters. The van der Waals surface area contributed by atoms with Crippen molar-refractivity contribution in [3.63, 3.8) is 0 Å². The molecule has 26 heavy (non-hydrogen) atoms. The first-order valence-electron chi connectivity index (χ1n) is 8.32. The predicted molar refractivity (Wildman–Crippen MR) is 117 cm³/mol. The molecule has 5 heteroatoms. The number of ether oxygens (including phenoxy) is 1. The van der Waals surface area contributed by atoms with Gasteiger partial charge in [0, 0.05) is 22.0 Å². The Kier molecular flexibility index (Phi) is 8.04. The second-order valence-corrected chi connectivity index (χ2v) is 6.51. The minimum Gasteiger partial charge on any atom is -0.353 e. The van der Waals surface area contributed by atoms with Gasteiger partial charge in [-0.25, -0.2) is 0 Å². The van der Waals surface area contributed by atoms with Gasteiger partial charge in [-0.2, -0.15) is 0 Å². The van der Waals surface area contributed by atoms with Crippen molar-refractivity contribution in [1.29, 1.82) is 0 Å². The summed E-state index contributed by atoms with van der Waals surface area (Å²) in [6.45, 7) is 6.64. The van der Waals surface area contributed by atoms with Crippen LogP contribution in [0.5, 0.6) is 0 Å². The number of carbonyl (C=O) groups excluding carboxylic acids is 1. The number of thiol groups is 2. The fraction of sp³-hybridized carbons (Fsp3) is 0.190. The van der Waals surface area contributed by atoms with Gasteiger partial charge >= 0.3 is 0 Å². The maximum atomic E-state index is 11.2. The van der Waals surface area contributed by atoms with Crippen molar-refractivity contribution in [2.45, 2.75) is 6.92 Å². The normalized spacial score (nSPS) is 11.7. The van der Waals surface area contributed by atoms with Crippen molar-refractivity contribution in [2.24, 2.45) is 0 Å². The largest absolute Gasteiger partial charge is 0.353 e. The van der Waals surface area contributed by atoms with Crippen LogP contribution in [0.1, 0.15) is 18.1 Å². The third kappa shape index (κ3) is 5.53. The van der Waals surface area contributed by atoms with E-state index in [-0.39, 0.29) is 12.4 Å². The monoisotopic (exact) mass is 385 g/mol. The lowest BCUT2D eigenvalue weighted by Gasteiger charge is -2.23. The molecule has 0 spiro atoms.